The van der Waals surface area contributed by atoms with Crippen molar-refractivity contribution in [3.63, 3.8) is 0 Å². The Balaban J connectivity index is 1.66. The largest absolute Gasteiger partial charge is 0.349 e. The summed E-state index contributed by atoms with van der Waals surface area (Å²) in [5.41, 5.74) is 1.03. The first-order valence-electron chi connectivity index (χ1n) is 8.81. The fourth-order valence-electron chi connectivity index (χ4n) is 3.28. The first kappa shape index (κ1) is 17.4. The van der Waals surface area contributed by atoms with Crippen molar-refractivity contribution in [1.82, 2.24) is 20.0 Å². The number of rotatable bonds is 6. The molecule has 0 bridgehead atoms. The topological polar surface area (TPSA) is 67.2 Å². The number of amides is 1. The Morgan fingerprint density at radius 2 is 2.04 bits per heavy atom. The van der Waals surface area contributed by atoms with E-state index in [2.05, 4.69) is 22.2 Å². The fourth-order valence-corrected chi connectivity index (χ4v) is 3.28. The average Bonchev–Trinajstić information content (AvgIpc) is 3.10. The summed E-state index contributed by atoms with van der Waals surface area (Å²) in [6, 6.07) is 12.9. The highest BCUT2D eigenvalue weighted by atomic mass is 16.2. The molecule has 1 aromatic heterocycles. The van der Waals surface area contributed by atoms with Gasteiger partial charge in [0.25, 0.3) is 11.5 Å². The zero-order chi connectivity index (χ0) is 17.6. The molecule has 0 radical (unpaired) electrons. The number of carbonyl (C=O) groups is 1. The van der Waals surface area contributed by atoms with Crippen LogP contribution in [0.3, 0.4) is 0 Å². The van der Waals surface area contributed by atoms with Gasteiger partial charge in [0.15, 0.2) is 0 Å². The highest BCUT2D eigenvalue weighted by Gasteiger charge is 2.23. The number of nitrogens with zero attached hydrogens (tertiary/aromatic N) is 3. The van der Waals surface area contributed by atoms with Crippen LogP contribution in [0.25, 0.3) is 0 Å². The van der Waals surface area contributed by atoms with Gasteiger partial charge in [-0.2, -0.15) is 5.10 Å². The number of benzene rings is 1. The molecule has 0 spiro atoms. The molecule has 6 heteroatoms. The molecular weight excluding hydrogens is 316 g/mol. The lowest BCUT2D eigenvalue weighted by Gasteiger charge is -2.22. The van der Waals surface area contributed by atoms with E-state index in [9.17, 15) is 9.59 Å². The van der Waals surface area contributed by atoms with Crippen molar-refractivity contribution in [2.45, 2.75) is 32.4 Å². The van der Waals surface area contributed by atoms with E-state index in [0.717, 1.165) is 25.1 Å². The molecule has 1 atom stereocenters. The molecule has 0 aliphatic carbocycles. The van der Waals surface area contributed by atoms with Crippen LogP contribution in [-0.2, 0) is 6.54 Å². The van der Waals surface area contributed by atoms with Crippen LogP contribution in [0.4, 0.5) is 0 Å². The lowest BCUT2D eigenvalue weighted by atomic mass is 10.2. The molecule has 1 amide bonds. The van der Waals surface area contributed by atoms with Gasteiger partial charge in [0.05, 0.1) is 6.54 Å². The summed E-state index contributed by atoms with van der Waals surface area (Å²) in [7, 11) is 0. The van der Waals surface area contributed by atoms with E-state index in [1.807, 2.05) is 30.3 Å². The summed E-state index contributed by atoms with van der Waals surface area (Å²) in [5.74, 6) is -0.232. The van der Waals surface area contributed by atoms with Crippen LogP contribution in [-0.4, -0.2) is 46.3 Å². The molecule has 6 nitrogen and oxygen atoms in total. The summed E-state index contributed by atoms with van der Waals surface area (Å²) in [4.78, 5) is 26.8. The number of likely N-dealkylation sites (tertiary alicyclic amines) is 1. The Labute approximate surface area is 147 Å². The number of hydrogen-bond acceptors (Lipinski definition) is 4. The molecule has 132 valence electrons. The van der Waals surface area contributed by atoms with Crippen LogP contribution < -0.4 is 10.9 Å². The summed E-state index contributed by atoms with van der Waals surface area (Å²) < 4.78 is 1.33. The molecule has 2 heterocycles. The molecule has 1 unspecified atom stereocenters. The molecule has 1 fully saturated rings. The van der Waals surface area contributed by atoms with Gasteiger partial charge in [-0.1, -0.05) is 37.3 Å². The lowest BCUT2D eigenvalue weighted by molar-refractivity contribution is 0.0934. The maximum atomic E-state index is 12.4. The Bertz CT molecular complexity index is 772. The van der Waals surface area contributed by atoms with Gasteiger partial charge in [0.1, 0.15) is 5.69 Å². The minimum Gasteiger partial charge on any atom is -0.349 e. The molecule has 1 saturated heterocycles. The zero-order valence-electron chi connectivity index (χ0n) is 14.5. The van der Waals surface area contributed by atoms with Crippen molar-refractivity contribution in [1.29, 1.82) is 0 Å². The van der Waals surface area contributed by atoms with E-state index in [4.69, 9.17) is 0 Å². The van der Waals surface area contributed by atoms with Crippen molar-refractivity contribution in [2.75, 3.05) is 19.6 Å². The predicted molar refractivity (Wildman–Crippen MR) is 96.6 cm³/mol. The third-order valence-electron chi connectivity index (χ3n) is 4.68. The summed E-state index contributed by atoms with van der Waals surface area (Å²) in [5, 5.41) is 7.19. The van der Waals surface area contributed by atoms with Crippen molar-refractivity contribution >= 4 is 5.91 Å². The number of hydrogen-bond donors (Lipinski definition) is 1. The van der Waals surface area contributed by atoms with E-state index >= 15 is 0 Å². The molecule has 1 N–H and O–H groups in total. The quantitative estimate of drug-likeness (QED) is 0.865. The van der Waals surface area contributed by atoms with Crippen molar-refractivity contribution in [2.24, 2.45) is 0 Å². The molecule has 1 aliphatic rings. The van der Waals surface area contributed by atoms with Gasteiger partial charge in [-0.25, -0.2) is 4.68 Å². The Morgan fingerprint density at radius 3 is 2.80 bits per heavy atom. The monoisotopic (exact) mass is 340 g/mol. The predicted octanol–water partition coefficient (Wildman–Crippen LogP) is 1.51. The highest BCUT2D eigenvalue weighted by Crippen LogP contribution is 2.15. The maximum Gasteiger partial charge on any atom is 0.271 e. The summed E-state index contributed by atoms with van der Waals surface area (Å²) in [6.45, 7) is 5.21. The number of carbonyl (C=O) groups excluding carboxylic acids is 1. The van der Waals surface area contributed by atoms with Crippen molar-refractivity contribution < 1.29 is 4.79 Å². The van der Waals surface area contributed by atoms with E-state index in [0.29, 0.717) is 19.1 Å². The second-order valence-electron chi connectivity index (χ2n) is 6.33. The third kappa shape index (κ3) is 4.33. The average molecular weight is 340 g/mol. The maximum absolute atomic E-state index is 12.4. The lowest BCUT2D eigenvalue weighted by Crippen LogP contribution is -2.40. The van der Waals surface area contributed by atoms with Gasteiger partial charge in [0, 0.05) is 18.7 Å². The van der Waals surface area contributed by atoms with E-state index in [-0.39, 0.29) is 17.2 Å². The first-order valence-corrected chi connectivity index (χ1v) is 8.81. The molecule has 3 rings (SSSR count). The van der Waals surface area contributed by atoms with Crippen LogP contribution in [0.15, 0.2) is 47.3 Å². The van der Waals surface area contributed by atoms with Gasteiger partial charge in [0.2, 0.25) is 0 Å². The van der Waals surface area contributed by atoms with E-state index in [1.54, 1.807) is 0 Å². The van der Waals surface area contributed by atoms with Gasteiger partial charge in [-0.05, 0) is 37.6 Å². The molecule has 2 aromatic rings. The van der Waals surface area contributed by atoms with E-state index in [1.165, 1.54) is 23.2 Å². The van der Waals surface area contributed by atoms with Gasteiger partial charge < -0.3 is 5.32 Å². The fraction of sp³-hybridized carbons (Fsp3) is 0.421. The third-order valence-corrected chi connectivity index (χ3v) is 4.68. The SMILES string of the molecule is CCN1CCCC1CNC(=O)c1ccc(=O)n(Cc2ccccc2)n1. The van der Waals surface area contributed by atoms with Crippen LogP contribution in [0.2, 0.25) is 0 Å². The Hall–Kier alpha value is -2.47. The molecule has 0 saturated carbocycles. The zero-order valence-corrected chi connectivity index (χ0v) is 14.5. The standard InChI is InChI=1S/C19H24N4O2/c1-2-22-12-6-9-16(22)13-20-19(25)17-10-11-18(24)23(21-17)14-15-7-4-3-5-8-15/h3-5,7-8,10-11,16H,2,6,9,12-14H2,1H3,(H,20,25). The second-order valence-corrected chi connectivity index (χ2v) is 6.33. The first-order chi connectivity index (χ1) is 12.2. The second kappa shape index (κ2) is 8.07. The van der Waals surface area contributed by atoms with Gasteiger partial charge in [-0.3, -0.25) is 14.5 Å². The van der Waals surface area contributed by atoms with Crippen molar-refractivity contribution in [3.05, 3.63) is 64.1 Å². The number of aromatic nitrogens is 2. The number of likely N-dealkylation sites (N-methyl/N-ethyl adjacent to an activating group) is 1. The molecule has 25 heavy (non-hydrogen) atoms. The normalized spacial score (nSPS) is 17.6. The Kier molecular flexibility index (Phi) is 5.60. The minimum absolute atomic E-state index is 0.214. The van der Waals surface area contributed by atoms with Crippen LogP contribution in [0.1, 0.15) is 35.8 Å². The molecular formula is C19H24N4O2. The smallest absolute Gasteiger partial charge is 0.271 e. The van der Waals surface area contributed by atoms with Crippen LogP contribution in [0, 0.1) is 0 Å². The summed E-state index contributed by atoms with van der Waals surface area (Å²) >= 11 is 0. The van der Waals surface area contributed by atoms with E-state index < -0.39 is 0 Å². The summed E-state index contributed by atoms with van der Waals surface area (Å²) in [6.07, 6.45) is 2.28. The van der Waals surface area contributed by atoms with Gasteiger partial charge in [-0.15, -0.1) is 0 Å². The molecule has 1 aromatic carbocycles. The number of nitrogens with one attached hydrogen (secondary N) is 1. The Morgan fingerprint density at radius 1 is 1.24 bits per heavy atom. The molecule has 1 aliphatic heterocycles. The van der Waals surface area contributed by atoms with Gasteiger partial charge >= 0.3 is 0 Å². The minimum atomic E-state index is -0.232. The highest BCUT2D eigenvalue weighted by molar-refractivity contribution is 5.92. The van der Waals surface area contributed by atoms with Crippen LogP contribution in [0.5, 0.6) is 0 Å². The van der Waals surface area contributed by atoms with Crippen LogP contribution >= 0.6 is 0 Å². The van der Waals surface area contributed by atoms with Crippen molar-refractivity contribution in [3.8, 4) is 0 Å².